The average Bonchev–Trinajstić information content (AvgIpc) is 2.48. The Labute approximate surface area is 127 Å². The molecule has 0 saturated carbocycles. The molecule has 0 aliphatic heterocycles. The van der Waals surface area contributed by atoms with Crippen LogP contribution in [0.25, 0.3) is 0 Å². The minimum atomic E-state index is -0.538. The summed E-state index contributed by atoms with van der Waals surface area (Å²) in [6.45, 7) is 0.649. The minimum absolute atomic E-state index is 0.0163. The van der Waals surface area contributed by atoms with E-state index in [9.17, 15) is 4.39 Å². The summed E-state index contributed by atoms with van der Waals surface area (Å²) in [4.78, 5) is 0. The third kappa shape index (κ3) is 3.72. The maximum atomic E-state index is 14.0. The van der Waals surface area contributed by atoms with Gasteiger partial charge in [0.15, 0.2) is 0 Å². The van der Waals surface area contributed by atoms with Gasteiger partial charge in [-0.2, -0.15) is 5.26 Å². The van der Waals surface area contributed by atoms with Crippen molar-refractivity contribution in [3.63, 3.8) is 0 Å². The lowest BCUT2D eigenvalue weighted by Gasteiger charge is -2.12. The van der Waals surface area contributed by atoms with E-state index in [-0.39, 0.29) is 12.2 Å². The van der Waals surface area contributed by atoms with Crippen LogP contribution in [-0.4, -0.2) is 7.05 Å². The molecule has 0 heterocycles. The molecule has 1 N–H and O–H groups in total. The van der Waals surface area contributed by atoms with E-state index in [1.54, 1.807) is 30.3 Å². The van der Waals surface area contributed by atoms with Gasteiger partial charge in [-0.15, -0.1) is 0 Å². The van der Waals surface area contributed by atoms with Crippen LogP contribution in [-0.2, 0) is 13.2 Å². The smallest absolute Gasteiger partial charge is 0.147 e. The van der Waals surface area contributed by atoms with E-state index in [2.05, 4.69) is 5.32 Å². The predicted octanol–water partition coefficient (Wildman–Crippen LogP) is 3.65. The third-order valence-corrected chi connectivity index (χ3v) is 3.21. The summed E-state index contributed by atoms with van der Waals surface area (Å²) in [5, 5.41) is 12.5. The standard InChI is InChI=1S/C16H14ClFN2O/c1-20-9-13-7-14(17)5-6-15(13)21-10-12-4-2-3-11(8-19)16(12)18/h2-7,20H,9-10H2,1H3. The van der Waals surface area contributed by atoms with E-state index in [1.807, 2.05) is 13.1 Å². The summed E-state index contributed by atoms with van der Waals surface area (Å²) in [7, 11) is 1.82. The molecule has 0 aliphatic rings. The van der Waals surface area contributed by atoms with Crippen molar-refractivity contribution in [3.8, 4) is 11.8 Å². The summed E-state index contributed by atoms with van der Waals surface area (Å²) < 4.78 is 19.6. The number of nitrogens with one attached hydrogen (secondary N) is 1. The number of nitrogens with zero attached hydrogens (tertiary/aromatic N) is 1. The van der Waals surface area contributed by atoms with E-state index in [4.69, 9.17) is 21.6 Å². The highest BCUT2D eigenvalue weighted by Gasteiger charge is 2.10. The number of rotatable bonds is 5. The molecule has 0 spiro atoms. The van der Waals surface area contributed by atoms with Crippen molar-refractivity contribution in [1.29, 1.82) is 5.26 Å². The van der Waals surface area contributed by atoms with Gasteiger partial charge in [0.25, 0.3) is 0 Å². The molecule has 108 valence electrons. The monoisotopic (exact) mass is 304 g/mol. The zero-order valence-electron chi connectivity index (χ0n) is 11.5. The molecule has 0 atom stereocenters. The topological polar surface area (TPSA) is 45.0 Å². The Kier molecular flexibility index (Phi) is 5.15. The largest absolute Gasteiger partial charge is 0.488 e. The summed E-state index contributed by atoms with van der Waals surface area (Å²) >= 11 is 5.96. The molecule has 0 amide bonds. The summed E-state index contributed by atoms with van der Waals surface area (Å²) in [6.07, 6.45) is 0. The lowest BCUT2D eigenvalue weighted by Crippen LogP contribution is -2.08. The highest BCUT2D eigenvalue weighted by molar-refractivity contribution is 6.30. The molecule has 0 bridgehead atoms. The molecule has 5 heteroatoms. The predicted molar refractivity (Wildman–Crippen MR) is 79.7 cm³/mol. The van der Waals surface area contributed by atoms with Gasteiger partial charge < -0.3 is 10.1 Å². The van der Waals surface area contributed by atoms with Gasteiger partial charge in [-0.25, -0.2) is 4.39 Å². The van der Waals surface area contributed by atoms with Crippen molar-refractivity contribution in [1.82, 2.24) is 5.32 Å². The summed E-state index contributed by atoms with van der Waals surface area (Å²) in [5.41, 5.74) is 1.25. The quantitative estimate of drug-likeness (QED) is 0.917. The number of nitriles is 1. The Bertz CT molecular complexity index is 682. The van der Waals surface area contributed by atoms with Crippen molar-refractivity contribution < 1.29 is 9.13 Å². The molecule has 0 saturated heterocycles. The van der Waals surface area contributed by atoms with Crippen LogP contribution in [0.15, 0.2) is 36.4 Å². The summed E-state index contributed by atoms with van der Waals surface area (Å²) in [6, 6.07) is 11.8. The Morgan fingerprint density at radius 2 is 2.10 bits per heavy atom. The van der Waals surface area contributed by atoms with Crippen molar-refractivity contribution in [2.45, 2.75) is 13.2 Å². The molecular weight excluding hydrogens is 291 g/mol. The van der Waals surface area contributed by atoms with Gasteiger partial charge >= 0.3 is 0 Å². The third-order valence-electron chi connectivity index (χ3n) is 2.97. The van der Waals surface area contributed by atoms with Crippen LogP contribution in [0.3, 0.4) is 0 Å². The Balaban J connectivity index is 2.19. The second-order valence-corrected chi connectivity index (χ2v) is 4.90. The molecule has 3 nitrogen and oxygen atoms in total. The molecule has 2 aromatic carbocycles. The number of hydrogen-bond donors (Lipinski definition) is 1. The second kappa shape index (κ2) is 7.07. The fourth-order valence-corrected chi connectivity index (χ4v) is 2.15. The Hall–Kier alpha value is -2.09. The van der Waals surface area contributed by atoms with Gasteiger partial charge in [0, 0.05) is 22.7 Å². The molecule has 0 unspecified atom stereocenters. The van der Waals surface area contributed by atoms with E-state index in [1.165, 1.54) is 6.07 Å². The molecule has 0 fully saturated rings. The van der Waals surface area contributed by atoms with Crippen LogP contribution in [0.4, 0.5) is 4.39 Å². The Morgan fingerprint density at radius 3 is 2.81 bits per heavy atom. The molecule has 21 heavy (non-hydrogen) atoms. The molecule has 2 rings (SSSR count). The average molecular weight is 305 g/mol. The van der Waals surface area contributed by atoms with E-state index in [0.717, 1.165) is 5.56 Å². The molecule has 0 aliphatic carbocycles. The maximum Gasteiger partial charge on any atom is 0.147 e. The van der Waals surface area contributed by atoms with Crippen LogP contribution in [0.2, 0.25) is 5.02 Å². The fraction of sp³-hybridized carbons (Fsp3) is 0.188. The first-order chi connectivity index (χ1) is 10.2. The molecule has 2 aromatic rings. The van der Waals surface area contributed by atoms with Crippen LogP contribution in [0, 0.1) is 17.1 Å². The van der Waals surface area contributed by atoms with Crippen LogP contribution in [0.1, 0.15) is 16.7 Å². The first-order valence-corrected chi connectivity index (χ1v) is 6.77. The number of hydrogen-bond acceptors (Lipinski definition) is 3. The fourth-order valence-electron chi connectivity index (χ4n) is 1.95. The number of benzene rings is 2. The van der Waals surface area contributed by atoms with Crippen LogP contribution >= 0.6 is 11.6 Å². The van der Waals surface area contributed by atoms with Crippen molar-refractivity contribution in [2.24, 2.45) is 0 Å². The van der Waals surface area contributed by atoms with Gasteiger partial charge in [-0.05, 0) is 31.3 Å². The van der Waals surface area contributed by atoms with Crippen LogP contribution in [0.5, 0.6) is 5.75 Å². The zero-order valence-corrected chi connectivity index (χ0v) is 12.2. The van der Waals surface area contributed by atoms with Gasteiger partial charge in [0.05, 0.1) is 5.56 Å². The van der Waals surface area contributed by atoms with Gasteiger partial charge in [-0.3, -0.25) is 0 Å². The first-order valence-electron chi connectivity index (χ1n) is 6.39. The van der Waals surface area contributed by atoms with Gasteiger partial charge in [0.1, 0.15) is 24.2 Å². The van der Waals surface area contributed by atoms with Crippen molar-refractivity contribution in [3.05, 3.63) is 63.9 Å². The maximum absolute atomic E-state index is 14.0. The molecule has 0 radical (unpaired) electrons. The normalized spacial score (nSPS) is 10.2. The SMILES string of the molecule is CNCc1cc(Cl)ccc1OCc1cccc(C#N)c1F. The second-order valence-electron chi connectivity index (χ2n) is 4.46. The van der Waals surface area contributed by atoms with Crippen molar-refractivity contribution in [2.75, 3.05) is 7.05 Å². The minimum Gasteiger partial charge on any atom is -0.488 e. The molecule has 0 aromatic heterocycles. The van der Waals surface area contributed by atoms with Gasteiger partial charge in [-0.1, -0.05) is 23.7 Å². The van der Waals surface area contributed by atoms with Crippen molar-refractivity contribution >= 4 is 11.6 Å². The van der Waals surface area contributed by atoms with E-state index in [0.29, 0.717) is 22.9 Å². The first kappa shape index (κ1) is 15.3. The zero-order chi connectivity index (χ0) is 15.2. The highest BCUT2D eigenvalue weighted by atomic mass is 35.5. The lowest BCUT2D eigenvalue weighted by molar-refractivity contribution is 0.296. The number of ether oxygens (including phenoxy) is 1. The van der Waals surface area contributed by atoms with Crippen LogP contribution < -0.4 is 10.1 Å². The lowest BCUT2D eigenvalue weighted by atomic mass is 10.1. The Morgan fingerprint density at radius 1 is 1.29 bits per heavy atom. The van der Waals surface area contributed by atoms with E-state index >= 15 is 0 Å². The van der Waals surface area contributed by atoms with E-state index < -0.39 is 5.82 Å². The molecular formula is C16H14ClFN2O. The number of halogens is 2. The van der Waals surface area contributed by atoms with Gasteiger partial charge in [0.2, 0.25) is 0 Å². The summed E-state index contributed by atoms with van der Waals surface area (Å²) in [5.74, 6) is 0.0969. The highest BCUT2D eigenvalue weighted by Crippen LogP contribution is 2.24.